The van der Waals surface area contributed by atoms with E-state index in [1.54, 1.807) is 17.7 Å². The summed E-state index contributed by atoms with van der Waals surface area (Å²) in [6.07, 6.45) is 2.39. The van der Waals surface area contributed by atoms with Crippen molar-refractivity contribution in [2.75, 3.05) is 0 Å². The highest BCUT2D eigenvalue weighted by molar-refractivity contribution is 7.18. The van der Waals surface area contributed by atoms with E-state index in [0.29, 0.717) is 16.0 Å². The summed E-state index contributed by atoms with van der Waals surface area (Å²) in [5.74, 6) is -0.171. The minimum absolute atomic E-state index is 0.211. The molecule has 27 heavy (non-hydrogen) atoms. The molecule has 0 amide bonds. The molecule has 1 atom stereocenters. The van der Waals surface area contributed by atoms with Gasteiger partial charge in [-0.15, -0.1) is 11.3 Å². The van der Waals surface area contributed by atoms with Crippen LogP contribution in [0.2, 0.25) is 0 Å². The molecular formula is C19H22N4O3S. The zero-order valence-electron chi connectivity index (χ0n) is 16.2. The van der Waals surface area contributed by atoms with Crippen LogP contribution in [0.1, 0.15) is 46.2 Å². The number of H-pyrrole nitrogens is 1. The van der Waals surface area contributed by atoms with Crippen LogP contribution >= 0.6 is 11.3 Å². The van der Waals surface area contributed by atoms with Crippen molar-refractivity contribution in [3.05, 3.63) is 49.6 Å². The molecule has 0 aliphatic rings. The quantitative estimate of drug-likeness (QED) is 0.549. The van der Waals surface area contributed by atoms with E-state index >= 15 is 0 Å². The molecule has 0 radical (unpaired) electrons. The lowest BCUT2D eigenvalue weighted by molar-refractivity contribution is -0.142. The molecule has 0 saturated heterocycles. The topological polar surface area (TPSA) is 89.9 Å². The average molecular weight is 386 g/mol. The third-order valence-corrected chi connectivity index (χ3v) is 5.79. The van der Waals surface area contributed by atoms with Crippen molar-refractivity contribution in [2.24, 2.45) is 7.05 Å². The lowest BCUT2D eigenvalue weighted by atomic mass is 10.2. The minimum Gasteiger partial charge on any atom is -0.451 e. The molecule has 3 aromatic heterocycles. The highest BCUT2D eigenvalue weighted by atomic mass is 32.1. The maximum absolute atomic E-state index is 12.4. The fourth-order valence-corrected chi connectivity index (χ4v) is 3.95. The van der Waals surface area contributed by atoms with E-state index < -0.39 is 12.1 Å². The van der Waals surface area contributed by atoms with Gasteiger partial charge in [0.2, 0.25) is 0 Å². The Labute approximate surface area is 160 Å². The third-order valence-electron chi connectivity index (χ3n) is 4.69. The number of esters is 1. The average Bonchev–Trinajstić information content (AvgIpc) is 3.01. The first-order valence-corrected chi connectivity index (χ1v) is 9.39. The van der Waals surface area contributed by atoms with E-state index in [1.165, 1.54) is 17.4 Å². The monoisotopic (exact) mass is 386 g/mol. The Hall–Kier alpha value is -2.74. The van der Waals surface area contributed by atoms with E-state index in [4.69, 9.17) is 4.74 Å². The van der Waals surface area contributed by atoms with Crippen LogP contribution in [0.15, 0.2) is 10.9 Å². The van der Waals surface area contributed by atoms with E-state index in [9.17, 15) is 9.59 Å². The van der Waals surface area contributed by atoms with Gasteiger partial charge in [-0.25, -0.2) is 9.78 Å². The number of ether oxygens (including phenoxy) is 1. The van der Waals surface area contributed by atoms with E-state index in [1.807, 2.05) is 34.7 Å². The van der Waals surface area contributed by atoms with E-state index in [2.05, 4.69) is 15.1 Å². The number of thiophene rings is 1. The Morgan fingerprint density at radius 3 is 2.63 bits per heavy atom. The van der Waals surface area contributed by atoms with Crippen molar-refractivity contribution in [1.29, 1.82) is 0 Å². The first kappa shape index (κ1) is 19.0. The first-order valence-electron chi connectivity index (χ1n) is 8.57. The standard InChI is InChI=1S/C19H22N4O3S/c1-9-13(5)27-19-16(9)18(25)20-17(21-19)12(4)26-15(24)8-7-14-10(2)22-23(6)11(14)3/h7-8,12H,1-6H3,(H,20,21,25)/b8-7+/t12-/m1/s1. The number of nitrogens with one attached hydrogen (secondary N) is 1. The lowest BCUT2D eigenvalue weighted by Crippen LogP contribution is -2.16. The molecule has 3 aromatic rings. The summed E-state index contributed by atoms with van der Waals surface area (Å²) in [6, 6.07) is 0. The Balaban J connectivity index is 1.79. The minimum atomic E-state index is -0.668. The van der Waals surface area contributed by atoms with Crippen molar-refractivity contribution in [3.63, 3.8) is 0 Å². The molecule has 7 nitrogen and oxygen atoms in total. The molecule has 8 heteroatoms. The van der Waals surface area contributed by atoms with Crippen molar-refractivity contribution in [1.82, 2.24) is 19.7 Å². The summed E-state index contributed by atoms with van der Waals surface area (Å²) in [5.41, 5.74) is 3.41. The highest BCUT2D eigenvalue weighted by Gasteiger charge is 2.17. The van der Waals surface area contributed by atoms with E-state index in [-0.39, 0.29) is 5.56 Å². The molecule has 0 aromatic carbocycles. The van der Waals surface area contributed by atoms with Crippen LogP contribution in [0.5, 0.6) is 0 Å². The van der Waals surface area contributed by atoms with Gasteiger partial charge in [-0.3, -0.25) is 9.48 Å². The number of carbonyl (C=O) groups excluding carboxylic acids is 1. The van der Waals surface area contributed by atoms with Crippen molar-refractivity contribution in [3.8, 4) is 0 Å². The second-order valence-corrected chi connectivity index (χ2v) is 7.74. The molecule has 3 heterocycles. The summed E-state index contributed by atoms with van der Waals surface area (Å²) in [6.45, 7) is 9.36. The maximum atomic E-state index is 12.4. The number of hydrogen-bond donors (Lipinski definition) is 1. The molecule has 0 bridgehead atoms. The summed E-state index contributed by atoms with van der Waals surface area (Å²) < 4.78 is 7.17. The van der Waals surface area contributed by atoms with Gasteiger partial charge in [0.15, 0.2) is 11.9 Å². The molecule has 0 unspecified atom stereocenters. The largest absolute Gasteiger partial charge is 0.451 e. The van der Waals surface area contributed by atoms with Gasteiger partial charge in [-0.1, -0.05) is 0 Å². The summed E-state index contributed by atoms with van der Waals surface area (Å²) in [4.78, 5) is 33.4. The summed E-state index contributed by atoms with van der Waals surface area (Å²) in [7, 11) is 1.85. The van der Waals surface area contributed by atoms with Gasteiger partial charge in [-0.2, -0.15) is 5.10 Å². The molecule has 0 aliphatic heterocycles. The Morgan fingerprint density at radius 2 is 2.00 bits per heavy atom. The van der Waals surface area contributed by atoms with Gasteiger partial charge < -0.3 is 9.72 Å². The lowest BCUT2D eigenvalue weighted by Gasteiger charge is -2.11. The van der Waals surface area contributed by atoms with Crippen LogP contribution in [-0.4, -0.2) is 25.7 Å². The van der Waals surface area contributed by atoms with Gasteiger partial charge in [0.1, 0.15) is 4.83 Å². The second-order valence-electron chi connectivity index (χ2n) is 6.54. The fourth-order valence-electron chi connectivity index (χ4n) is 2.92. The van der Waals surface area contributed by atoms with Crippen LogP contribution in [-0.2, 0) is 16.6 Å². The maximum Gasteiger partial charge on any atom is 0.331 e. The Kier molecular flexibility index (Phi) is 5.01. The van der Waals surface area contributed by atoms with E-state index in [0.717, 1.165) is 27.4 Å². The number of fused-ring (bicyclic) bond motifs is 1. The highest BCUT2D eigenvalue weighted by Crippen LogP contribution is 2.27. The van der Waals surface area contributed by atoms with Gasteiger partial charge in [-0.05, 0) is 46.3 Å². The smallest absolute Gasteiger partial charge is 0.331 e. The molecule has 0 fully saturated rings. The number of aromatic nitrogens is 4. The SMILES string of the molecule is Cc1nn(C)c(C)c1/C=C/C(=O)O[C@H](C)c1nc2sc(C)c(C)c2c(=O)[nH]1. The number of carbonyl (C=O) groups is 1. The molecule has 0 saturated carbocycles. The number of aromatic amines is 1. The predicted molar refractivity (Wildman–Crippen MR) is 106 cm³/mol. The number of aryl methyl sites for hydroxylation is 4. The number of rotatable bonds is 4. The van der Waals surface area contributed by atoms with Crippen LogP contribution < -0.4 is 5.56 Å². The van der Waals surface area contributed by atoms with Gasteiger partial charge >= 0.3 is 5.97 Å². The van der Waals surface area contributed by atoms with Gasteiger partial charge in [0, 0.05) is 29.3 Å². The molecular weight excluding hydrogens is 364 g/mol. The Morgan fingerprint density at radius 1 is 1.30 bits per heavy atom. The van der Waals surface area contributed by atoms with Gasteiger partial charge in [0.05, 0.1) is 11.1 Å². The van der Waals surface area contributed by atoms with Crippen molar-refractivity contribution in [2.45, 2.75) is 40.7 Å². The van der Waals surface area contributed by atoms with Crippen molar-refractivity contribution >= 4 is 33.6 Å². The normalized spacial score (nSPS) is 12.8. The fraction of sp³-hybridized carbons (Fsp3) is 0.368. The predicted octanol–water partition coefficient (Wildman–Crippen LogP) is 3.27. The Bertz CT molecular complexity index is 1120. The second kappa shape index (κ2) is 7.11. The first-order chi connectivity index (χ1) is 12.7. The molecule has 1 N–H and O–H groups in total. The van der Waals surface area contributed by atoms with Gasteiger partial charge in [0.25, 0.3) is 5.56 Å². The number of nitrogens with zero attached hydrogens (tertiary/aromatic N) is 3. The van der Waals surface area contributed by atoms with Crippen LogP contribution in [0.4, 0.5) is 0 Å². The zero-order valence-corrected chi connectivity index (χ0v) is 17.0. The molecule has 3 rings (SSSR count). The summed E-state index contributed by atoms with van der Waals surface area (Å²) in [5, 5.41) is 4.91. The molecule has 0 spiro atoms. The van der Waals surface area contributed by atoms with Crippen LogP contribution in [0.3, 0.4) is 0 Å². The number of hydrogen-bond acceptors (Lipinski definition) is 6. The third kappa shape index (κ3) is 3.57. The van der Waals surface area contributed by atoms with Crippen LogP contribution in [0.25, 0.3) is 16.3 Å². The summed E-state index contributed by atoms with van der Waals surface area (Å²) >= 11 is 1.46. The van der Waals surface area contributed by atoms with Crippen molar-refractivity contribution < 1.29 is 9.53 Å². The zero-order chi connectivity index (χ0) is 19.9. The molecule has 0 aliphatic carbocycles. The molecule has 142 valence electrons. The van der Waals surface area contributed by atoms with Crippen LogP contribution in [0, 0.1) is 27.7 Å².